The monoisotopic (exact) mass is 284 g/mol. The van der Waals surface area contributed by atoms with Crippen molar-refractivity contribution in [3.63, 3.8) is 0 Å². The van der Waals surface area contributed by atoms with Gasteiger partial charge in [-0.15, -0.1) is 11.3 Å². The van der Waals surface area contributed by atoms with Gasteiger partial charge in [0.1, 0.15) is 0 Å². The summed E-state index contributed by atoms with van der Waals surface area (Å²) in [6, 6.07) is 12.5. The van der Waals surface area contributed by atoms with Crippen LogP contribution in [0.2, 0.25) is 0 Å². The van der Waals surface area contributed by atoms with Crippen molar-refractivity contribution in [1.82, 2.24) is 0 Å². The largest absolute Gasteiger partial charge is 0.294 e. The molecule has 0 bridgehead atoms. The highest BCUT2D eigenvalue weighted by Crippen LogP contribution is 2.36. The number of Topliss-reactive ketones (excluding diaryl/α,β-unsaturated/α-hetero) is 1. The SMILES string of the molecule is O=C(CCCc1cccs1)c1ccc(C2CCC2)cc1. The Morgan fingerprint density at radius 3 is 2.55 bits per heavy atom. The highest BCUT2D eigenvalue weighted by molar-refractivity contribution is 7.09. The molecule has 0 N–H and O–H groups in total. The first kappa shape index (κ1) is 13.6. The summed E-state index contributed by atoms with van der Waals surface area (Å²) in [6.45, 7) is 0. The van der Waals surface area contributed by atoms with Gasteiger partial charge in [0.05, 0.1) is 0 Å². The lowest BCUT2D eigenvalue weighted by Crippen LogP contribution is -2.09. The van der Waals surface area contributed by atoms with Gasteiger partial charge in [-0.2, -0.15) is 0 Å². The summed E-state index contributed by atoms with van der Waals surface area (Å²) in [4.78, 5) is 13.5. The number of rotatable bonds is 6. The third-order valence-electron chi connectivity index (χ3n) is 4.22. The van der Waals surface area contributed by atoms with E-state index < -0.39 is 0 Å². The molecule has 0 spiro atoms. The first-order valence-electron chi connectivity index (χ1n) is 7.48. The fourth-order valence-electron chi connectivity index (χ4n) is 2.71. The molecule has 1 aliphatic rings. The van der Waals surface area contributed by atoms with Gasteiger partial charge in [-0.1, -0.05) is 36.8 Å². The molecule has 1 aromatic heterocycles. The summed E-state index contributed by atoms with van der Waals surface area (Å²) in [5, 5.41) is 2.09. The molecule has 20 heavy (non-hydrogen) atoms. The van der Waals surface area contributed by atoms with Crippen LogP contribution in [0, 0.1) is 0 Å². The zero-order chi connectivity index (χ0) is 13.8. The van der Waals surface area contributed by atoms with Crippen molar-refractivity contribution in [3.8, 4) is 0 Å². The standard InChI is InChI=1S/C18H20OS/c19-18(8-2-6-17-7-3-13-20-17)16-11-9-15(10-12-16)14-4-1-5-14/h3,7,9-14H,1-2,4-6,8H2. The molecule has 0 amide bonds. The van der Waals surface area contributed by atoms with Crippen molar-refractivity contribution in [2.45, 2.75) is 44.4 Å². The Labute approximate surface area is 124 Å². The zero-order valence-electron chi connectivity index (χ0n) is 11.7. The third kappa shape index (κ3) is 3.18. The minimum atomic E-state index is 0.279. The van der Waals surface area contributed by atoms with E-state index in [4.69, 9.17) is 0 Å². The second kappa shape index (κ2) is 6.36. The number of thiophene rings is 1. The minimum absolute atomic E-state index is 0.279. The van der Waals surface area contributed by atoms with Gasteiger partial charge in [-0.25, -0.2) is 0 Å². The fraction of sp³-hybridized carbons (Fsp3) is 0.389. The molecule has 1 nitrogen and oxygen atoms in total. The van der Waals surface area contributed by atoms with Gasteiger partial charge in [0.2, 0.25) is 0 Å². The number of aryl methyl sites for hydroxylation is 1. The van der Waals surface area contributed by atoms with Crippen molar-refractivity contribution in [2.24, 2.45) is 0 Å². The van der Waals surface area contributed by atoms with Crippen LogP contribution in [0.3, 0.4) is 0 Å². The molecule has 0 unspecified atom stereocenters. The maximum Gasteiger partial charge on any atom is 0.162 e. The molecule has 0 aliphatic heterocycles. The Morgan fingerprint density at radius 1 is 1.15 bits per heavy atom. The van der Waals surface area contributed by atoms with E-state index in [0.29, 0.717) is 6.42 Å². The maximum atomic E-state index is 12.1. The molecule has 2 heteroatoms. The number of hydrogen-bond acceptors (Lipinski definition) is 2. The van der Waals surface area contributed by atoms with Gasteiger partial charge in [-0.05, 0) is 48.6 Å². The van der Waals surface area contributed by atoms with E-state index in [1.807, 2.05) is 12.1 Å². The summed E-state index contributed by atoms with van der Waals surface area (Å²) in [7, 11) is 0. The molecule has 3 rings (SSSR count). The Hall–Kier alpha value is -1.41. The Bertz CT molecular complexity index is 550. The van der Waals surface area contributed by atoms with Gasteiger partial charge in [-0.3, -0.25) is 4.79 Å². The van der Waals surface area contributed by atoms with E-state index in [1.54, 1.807) is 11.3 Å². The molecule has 1 fully saturated rings. The molecular weight excluding hydrogens is 264 g/mol. The molecule has 2 aromatic rings. The molecule has 1 aromatic carbocycles. The lowest BCUT2D eigenvalue weighted by atomic mass is 9.80. The van der Waals surface area contributed by atoms with Gasteiger partial charge in [0.25, 0.3) is 0 Å². The van der Waals surface area contributed by atoms with Crippen molar-refractivity contribution in [1.29, 1.82) is 0 Å². The summed E-state index contributed by atoms with van der Waals surface area (Å²) >= 11 is 1.77. The van der Waals surface area contributed by atoms with Crippen LogP contribution in [0.15, 0.2) is 41.8 Å². The van der Waals surface area contributed by atoms with Crippen LogP contribution in [0.4, 0.5) is 0 Å². The second-order valence-corrected chi connectivity index (χ2v) is 6.64. The van der Waals surface area contributed by atoms with E-state index in [0.717, 1.165) is 24.3 Å². The predicted molar refractivity (Wildman–Crippen MR) is 84.6 cm³/mol. The molecule has 1 heterocycles. The first-order chi connectivity index (χ1) is 9.83. The van der Waals surface area contributed by atoms with Crippen molar-refractivity contribution >= 4 is 17.1 Å². The third-order valence-corrected chi connectivity index (χ3v) is 5.15. The molecule has 0 radical (unpaired) electrons. The smallest absolute Gasteiger partial charge is 0.162 e. The van der Waals surface area contributed by atoms with Crippen LogP contribution in [-0.2, 0) is 6.42 Å². The van der Waals surface area contributed by atoms with Crippen LogP contribution in [0.1, 0.15) is 58.8 Å². The van der Waals surface area contributed by atoms with Crippen LogP contribution >= 0.6 is 11.3 Å². The highest BCUT2D eigenvalue weighted by Gasteiger charge is 2.19. The number of carbonyl (C=O) groups excluding carboxylic acids is 1. The lowest BCUT2D eigenvalue weighted by molar-refractivity contribution is 0.0980. The van der Waals surface area contributed by atoms with E-state index in [2.05, 4.69) is 29.6 Å². The average Bonchev–Trinajstić information content (AvgIpc) is 2.91. The van der Waals surface area contributed by atoms with Gasteiger partial charge in [0.15, 0.2) is 5.78 Å². The lowest BCUT2D eigenvalue weighted by Gasteiger charge is -2.25. The van der Waals surface area contributed by atoms with Crippen LogP contribution in [0.5, 0.6) is 0 Å². The summed E-state index contributed by atoms with van der Waals surface area (Å²) in [5.41, 5.74) is 2.28. The van der Waals surface area contributed by atoms with Gasteiger partial charge in [0, 0.05) is 16.9 Å². The summed E-state index contributed by atoms with van der Waals surface area (Å²) in [6.07, 6.45) is 6.60. The van der Waals surface area contributed by atoms with Crippen molar-refractivity contribution in [3.05, 3.63) is 57.8 Å². The zero-order valence-corrected chi connectivity index (χ0v) is 12.5. The number of hydrogen-bond donors (Lipinski definition) is 0. The van der Waals surface area contributed by atoms with Crippen LogP contribution in [0.25, 0.3) is 0 Å². The van der Waals surface area contributed by atoms with Crippen molar-refractivity contribution in [2.75, 3.05) is 0 Å². The Kier molecular flexibility index (Phi) is 4.31. The maximum absolute atomic E-state index is 12.1. The minimum Gasteiger partial charge on any atom is -0.294 e. The first-order valence-corrected chi connectivity index (χ1v) is 8.36. The van der Waals surface area contributed by atoms with Gasteiger partial charge >= 0.3 is 0 Å². The number of carbonyl (C=O) groups is 1. The molecule has 104 valence electrons. The predicted octanol–water partition coefficient (Wildman–Crippen LogP) is 5.22. The fourth-order valence-corrected chi connectivity index (χ4v) is 3.46. The van der Waals surface area contributed by atoms with Crippen molar-refractivity contribution < 1.29 is 4.79 Å². The Morgan fingerprint density at radius 2 is 1.95 bits per heavy atom. The molecule has 0 atom stereocenters. The Balaban J connectivity index is 1.51. The number of benzene rings is 1. The molecular formula is C18H20OS. The van der Waals surface area contributed by atoms with E-state index in [-0.39, 0.29) is 5.78 Å². The van der Waals surface area contributed by atoms with E-state index >= 15 is 0 Å². The highest BCUT2D eigenvalue weighted by atomic mass is 32.1. The number of ketones is 1. The molecule has 1 aliphatic carbocycles. The molecule has 1 saturated carbocycles. The van der Waals surface area contributed by atoms with E-state index in [1.165, 1.54) is 29.7 Å². The molecule has 0 saturated heterocycles. The second-order valence-electron chi connectivity index (χ2n) is 5.61. The van der Waals surface area contributed by atoms with E-state index in [9.17, 15) is 4.79 Å². The normalized spacial score (nSPS) is 15.0. The average molecular weight is 284 g/mol. The quantitative estimate of drug-likeness (QED) is 0.664. The van der Waals surface area contributed by atoms with Gasteiger partial charge < -0.3 is 0 Å². The van der Waals surface area contributed by atoms with Crippen LogP contribution in [-0.4, -0.2) is 5.78 Å². The topological polar surface area (TPSA) is 17.1 Å². The summed E-state index contributed by atoms with van der Waals surface area (Å²) < 4.78 is 0. The van der Waals surface area contributed by atoms with Crippen LogP contribution < -0.4 is 0 Å². The summed E-state index contributed by atoms with van der Waals surface area (Å²) in [5.74, 6) is 1.03.